The molecule has 0 N–H and O–H groups in total. The number of benzene rings is 1. The Balaban J connectivity index is 1.99. The summed E-state index contributed by atoms with van der Waals surface area (Å²) >= 11 is 5.97. The van der Waals surface area contributed by atoms with Gasteiger partial charge in [-0.25, -0.2) is 4.79 Å². The maximum atomic E-state index is 11.9. The van der Waals surface area contributed by atoms with Crippen LogP contribution in [0, 0.1) is 0 Å². The zero-order valence-corrected chi connectivity index (χ0v) is 12.8. The van der Waals surface area contributed by atoms with Crippen LogP contribution in [0.1, 0.15) is 24.5 Å². The lowest BCUT2D eigenvalue weighted by Crippen LogP contribution is -2.32. The van der Waals surface area contributed by atoms with Crippen LogP contribution in [0.15, 0.2) is 30.4 Å². The molecule has 112 valence electrons. The van der Waals surface area contributed by atoms with Gasteiger partial charge < -0.3 is 9.47 Å². The SMILES string of the molecule is C=C(CC(=O)OC1(C)Cc2ccc(Cl)cc2C1)C(=O)OC. The second-order valence-electron chi connectivity index (χ2n) is 5.46. The molecule has 0 amide bonds. The third kappa shape index (κ3) is 3.64. The predicted octanol–water partition coefficient (Wildman–Crippen LogP) is 2.86. The minimum atomic E-state index is -0.611. The van der Waals surface area contributed by atoms with E-state index in [4.69, 9.17) is 16.3 Å². The third-order valence-electron chi connectivity index (χ3n) is 3.49. The van der Waals surface area contributed by atoms with Gasteiger partial charge in [0, 0.05) is 23.4 Å². The standard InChI is InChI=1S/C16H17ClO4/c1-10(15(19)20-3)6-14(18)21-16(2)8-11-4-5-13(17)7-12(11)9-16/h4-5,7H,1,6,8-9H2,2-3H3. The summed E-state index contributed by atoms with van der Waals surface area (Å²) in [5.41, 5.74) is 1.69. The lowest BCUT2D eigenvalue weighted by atomic mass is 10.0. The van der Waals surface area contributed by atoms with Gasteiger partial charge in [-0.05, 0) is 30.2 Å². The molecule has 0 heterocycles. The highest BCUT2D eigenvalue weighted by atomic mass is 35.5. The van der Waals surface area contributed by atoms with Crippen LogP contribution in [0.5, 0.6) is 0 Å². The van der Waals surface area contributed by atoms with Gasteiger partial charge >= 0.3 is 11.9 Å². The van der Waals surface area contributed by atoms with Crippen LogP contribution in [-0.4, -0.2) is 24.6 Å². The molecule has 1 aromatic rings. The Kier molecular flexibility index (Phi) is 4.37. The molecule has 0 radical (unpaired) electrons. The molecule has 0 bridgehead atoms. The number of carbonyl (C=O) groups is 2. The summed E-state index contributed by atoms with van der Waals surface area (Å²) in [6, 6.07) is 5.67. The maximum Gasteiger partial charge on any atom is 0.333 e. The molecule has 0 fully saturated rings. The molecule has 0 saturated heterocycles. The number of halogens is 1. The van der Waals surface area contributed by atoms with Crippen molar-refractivity contribution in [2.75, 3.05) is 7.11 Å². The molecule has 1 aromatic carbocycles. The quantitative estimate of drug-likeness (QED) is 0.634. The largest absolute Gasteiger partial charge is 0.466 e. The zero-order chi connectivity index (χ0) is 15.6. The fraction of sp³-hybridized carbons (Fsp3) is 0.375. The van der Waals surface area contributed by atoms with Crippen LogP contribution in [0.4, 0.5) is 0 Å². The lowest BCUT2D eigenvalue weighted by Gasteiger charge is -2.24. The first kappa shape index (κ1) is 15.6. The molecule has 0 spiro atoms. The summed E-state index contributed by atoms with van der Waals surface area (Å²) in [6.07, 6.45) is 1.08. The van der Waals surface area contributed by atoms with Crippen molar-refractivity contribution >= 4 is 23.5 Å². The first-order valence-electron chi connectivity index (χ1n) is 6.58. The summed E-state index contributed by atoms with van der Waals surface area (Å²) in [5, 5.41) is 0.670. The van der Waals surface area contributed by atoms with Gasteiger partial charge in [0.05, 0.1) is 13.5 Å². The minimum Gasteiger partial charge on any atom is -0.466 e. The topological polar surface area (TPSA) is 52.6 Å². The van der Waals surface area contributed by atoms with E-state index in [1.54, 1.807) is 0 Å². The lowest BCUT2D eigenvalue weighted by molar-refractivity contribution is -0.157. The van der Waals surface area contributed by atoms with E-state index >= 15 is 0 Å². The van der Waals surface area contributed by atoms with Crippen LogP contribution in [0.2, 0.25) is 5.02 Å². The van der Waals surface area contributed by atoms with E-state index in [0.717, 1.165) is 11.1 Å². The van der Waals surface area contributed by atoms with E-state index in [2.05, 4.69) is 11.3 Å². The molecule has 1 atom stereocenters. The van der Waals surface area contributed by atoms with Gasteiger partial charge in [-0.15, -0.1) is 0 Å². The molecular formula is C16H17ClO4. The number of rotatable bonds is 4. The Labute approximate surface area is 128 Å². The first-order chi connectivity index (χ1) is 9.83. The second-order valence-corrected chi connectivity index (χ2v) is 5.90. The second kappa shape index (κ2) is 5.90. The minimum absolute atomic E-state index is 0.0876. The van der Waals surface area contributed by atoms with Gasteiger partial charge in [0.25, 0.3) is 0 Å². The van der Waals surface area contributed by atoms with Gasteiger partial charge in [-0.2, -0.15) is 0 Å². The Morgan fingerprint density at radius 2 is 2.00 bits per heavy atom. The van der Waals surface area contributed by atoms with Crippen molar-refractivity contribution in [1.82, 2.24) is 0 Å². The normalized spacial score (nSPS) is 19.8. The number of fused-ring (bicyclic) bond motifs is 1. The number of carbonyl (C=O) groups excluding carboxylic acids is 2. The fourth-order valence-electron chi connectivity index (χ4n) is 2.57. The molecule has 1 aliphatic rings. The molecule has 4 nitrogen and oxygen atoms in total. The van der Waals surface area contributed by atoms with Crippen LogP contribution >= 0.6 is 11.6 Å². The molecule has 1 aliphatic carbocycles. The smallest absolute Gasteiger partial charge is 0.333 e. The van der Waals surface area contributed by atoms with E-state index in [-0.39, 0.29) is 12.0 Å². The molecule has 0 aromatic heterocycles. The zero-order valence-electron chi connectivity index (χ0n) is 12.1. The highest BCUT2D eigenvalue weighted by molar-refractivity contribution is 6.30. The number of esters is 2. The summed E-state index contributed by atoms with van der Waals surface area (Å²) < 4.78 is 10.0. The number of hydrogen-bond donors (Lipinski definition) is 0. The first-order valence-corrected chi connectivity index (χ1v) is 6.96. The Morgan fingerprint density at radius 1 is 1.33 bits per heavy atom. The highest BCUT2D eigenvalue weighted by Gasteiger charge is 2.36. The summed E-state index contributed by atoms with van der Waals surface area (Å²) in [6.45, 7) is 5.40. The van der Waals surface area contributed by atoms with E-state index in [0.29, 0.717) is 17.9 Å². The van der Waals surface area contributed by atoms with Gasteiger partial charge in [0.1, 0.15) is 5.60 Å². The van der Waals surface area contributed by atoms with Gasteiger partial charge in [0.2, 0.25) is 0 Å². The Bertz CT molecular complexity index is 608. The van der Waals surface area contributed by atoms with Crippen LogP contribution < -0.4 is 0 Å². The third-order valence-corrected chi connectivity index (χ3v) is 3.72. The van der Waals surface area contributed by atoms with E-state index in [1.807, 2.05) is 25.1 Å². The van der Waals surface area contributed by atoms with Gasteiger partial charge in [0.15, 0.2) is 0 Å². The predicted molar refractivity (Wildman–Crippen MR) is 79.1 cm³/mol. The number of ether oxygens (including phenoxy) is 2. The Morgan fingerprint density at radius 3 is 2.67 bits per heavy atom. The van der Waals surface area contributed by atoms with Crippen molar-refractivity contribution in [2.45, 2.75) is 31.8 Å². The average Bonchev–Trinajstić information content (AvgIpc) is 2.72. The molecule has 1 unspecified atom stereocenters. The van der Waals surface area contributed by atoms with Crippen LogP contribution in [0.3, 0.4) is 0 Å². The van der Waals surface area contributed by atoms with E-state index in [9.17, 15) is 9.59 Å². The van der Waals surface area contributed by atoms with Crippen molar-refractivity contribution in [3.63, 3.8) is 0 Å². The highest BCUT2D eigenvalue weighted by Crippen LogP contribution is 2.34. The molecule has 5 heteroatoms. The maximum absolute atomic E-state index is 11.9. The summed E-state index contributed by atoms with van der Waals surface area (Å²) in [5.74, 6) is -1.08. The molecule has 2 rings (SSSR count). The fourth-order valence-corrected chi connectivity index (χ4v) is 2.77. The van der Waals surface area contributed by atoms with E-state index < -0.39 is 17.5 Å². The average molecular weight is 309 g/mol. The molecular weight excluding hydrogens is 292 g/mol. The number of hydrogen-bond acceptors (Lipinski definition) is 4. The van der Waals surface area contributed by atoms with Crippen LogP contribution in [-0.2, 0) is 31.9 Å². The molecule has 21 heavy (non-hydrogen) atoms. The van der Waals surface area contributed by atoms with Gasteiger partial charge in [-0.1, -0.05) is 24.2 Å². The summed E-state index contributed by atoms with van der Waals surface area (Å²) in [4.78, 5) is 23.2. The van der Waals surface area contributed by atoms with Crippen molar-refractivity contribution in [1.29, 1.82) is 0 Å². The van der Waals surface area contributed by atoms with Crippen molar-refractivity contribution in [3.05, 3.63) is 46.5 Å². The summed E-state index contributed by atoms with van der Waals surface area (Å²) in [7, 11) is 1.25. The molecule has 0 saturated carbocycles. The van der Waals surface area contributed by atoms with Gasteiger partial charge in [-0.3, -0.25) is 4.79 Å². The number of methoxy groups -OCH3 is 1. The van der Waals surface area contributed by atoms with Crippen molar-refractivity contribution in [3.8, 4) is 0 Å². The van der Waals surface area contributed by atoms with Crippen molar-refractivity contribution < 1.29 is 19.1 Å². The molecule has 0 aliphatic heterocycles. The van der Waals surface area contributed by atoms with Crippen molar-refractivity contribution in [2.24, 2.45) is 0 Å². The van der Waals surface area contributed by atoms with Crippen LogP contribution in [0.25, 0.3) is 0 Å². The monoisotopic (exact) mass is 308 g/mol. The van der Waals surface area contributed by atoms with E-state index in [1.165, 1.54) is 7.11 Å². The Hall–Kier alpha value is -1.81.